The number of hydrogen-bond acceptors (Lipinski definition) is 4. The number of aryl methyl sites for hydroxylation is 1. The maximum atomic E-state index is 5.58. The van der Waals surface area contributed by atoms with Gasteiger partial charge in [0, 0.05) is 55.5 Å². The number of fused-ring (bicyclic) bond motifs is 12. The summed E-state index contributed by atoms with van der Waals surface area (Å²) in [6, 6.07) is 53.8. The number of hydrogen-bond donors (Lipinski definition) is 0. The topological polar surface area (TPSA) is 52.9 Å². The molecule has 6 nitrogen and oxygen atoms in total. The van der Waals surface area contributed by atoms with E-state index in [0.717, 1.165) is 83.5 Å². The fraction of sp³-hybridized carbons (Fsp3) is 0.0208. The number of benzene rings is 6. The molecular formula is C48H30N6S. The normalized spacial score (nSPS) is 12.1. The van der Waals surface area contributed by atoms with Crippen LogP contribution >= 0.6 is 11.3 Å². The van der Waals surface area contributed by atoms with Crippen LogP contribution in [0.1, 0.15) is 5.56 Å². The first-order valence-electron chi connectivity index (χ1n) is 18.5. The van der Waals surface area contributed by atoms with Crippen LogP contribution in [0.15, 0.2) is 164 Å². The smallest absolute Gasteiger partial charge is 0.222 e. The Morgan fingerprint density at radius 1 is 0.545 bits per heavy atom. The van der Waals surface area contributed by atoms with Crippen molar-refractivity contribution in [1.29, 1.82) is 0 Å². The van der Waals surface area contributed by atoms with E-state index >= 15 is 0 Å². The molecule has 0 aliphatic rings. The highest BCUT2D eigenvalue weighted by Gasteiger charge is 2.25. The van der Waals surface area contributed by atoms with Crippen molar-refractivity contribution >= 4 is 81.3 Å². The zero-order valence-electron chi connectivity index (χ0n) is 29.7. The van der Waals surface area contributed by atoms with Gasteiger partial charge in [-0.05, 0) is 66.6 Å². The van der Waals surface area contributed by atoms with Gasteiger partial charge in [0.1, 0.15) is 5.52 Å². The molecule has 0 bridgehead atoms. The molecule has 7 heteroatoms. The molecule has 0 fully saturated rings. The quantitative estimate of drug-likeness (QED) is 0.182. The Hall–Kier alpha value is -7.09. The van der Waals surface area contributed by atoms with E-state index < -0.39 is 0 Å². The van der Waals surface area contributed by atoms with E-state index in [2.05, 4.69) is 172 Å². The molecule has 6 aromatic heterocycles. The lowest BCUT2D eigenvalue weighted by molar-refractivity contribution is 1.10. The lowest BCUT2D eigenvalue weighted by Crippen LogP contribution is -2.01. The van der Waals surface area contributed by atoms with Gasteiger partial charge in [-0.2, -0.15) is 0 Å². The summed E-state index contributed by atoms with van der Waals surface area (Å²) in [5, 5.41) is 4.73. The van der Waals surface area contributed by atoms with Crippen LogP contribution in [0.3, 0.4) is 0 Å². The second kappa shape index (κ2) is 11.5. The fourth-order valence-electron chi connectivity index (χ4n) is 8.78. The Kier molecular flexibility index (Phi) is 6.33. The molecule has 0 saturated heterocycles. The summed E-state index contributed by atoms with van der Waals surface area (Å²) in [6.07, 6.45) is 3.98. The van der Waals surface area contributed by atoms with Crippen molar-refractivity contribution in [3.05, 3.63) is 170 Å². The summed E-state index contributed by atoms with van der Waals surface area (Å²) >= 11 is 1.81. The van der Waals surface area contributed by atoms with Crippen molar-refractivity contribution < 1.29 is 0 Å². The molecule has 0 unspecified atom stereocenters. The van der Waals surface area contributed by atoms with Crippen molar-refractivity contribution in [2.24, 2.45) is 0 Å². The van der Waals surface area contributed by atoms with Gasteiger partial charge in [0.25, 0.3) is 0 Å². The van der Waals surface area contributed by atoms with Gasteiger partial charge >= 0.3 is 0 Å². The average molecular weight is 723 g/mol. The number of pyridine rings is 2. The summed E-state index contributed by atoms with van der Waals surface area (Å²) < 4.78 is 9.36. The van der Waals surface area contributed by atoms with E-state index in [-0.39, 0.29) is 0 Å². The third kappa shape index (κ3) is 4.21. The number of aromatic nitrogens is 6. The summed E-state index contributed by atoms with van der Waals surface area (Å²) in [4.78, 5) is 15.8. The number of rotatable bonds is 4. The Morgan fingerprint density at radius 3 is 2.15 bits per heavy atom. The van der Waals surface area contributed by atoms with E-state index in [1.165, 1.54) is 25.7 Å². The Labute approximate surface area is 318 Å². The van der Waals surface area contributed by atoms with Gasteiger partial charge in [0.05, 0.1) is 38.1 Å². The van der Waals surface area contributed by atoms with Crippen LogP contribution in [0, 0.1) is 6.92 Å². The van der Waals surface area contributed by atoms with Crippen LogP contribution in [0.25, 0.3) is 104 Å². The summed E-state index contributed by atoms with van der Waals surface area (Å²) in [7, 11) is 0. The highest BCUT2D eigenvalue weighted by atomic mass is 32.1. The van der Waals surface area contributed by atoms with Crippen LogP contribution in [0.5, 0.6) is 0 Å². The van der Waals surface area contributed by atoms with Crippen molar-refractivity contribution in [2.75, 3.05) is 0 Å². The SMILES string of the molecule is Cc1cccc(-n2c3ccccc3n3c4ncc5c6ccccc6n(-c6ccccc6)c5c4nc23)c1-c1ccccc1-c1nccc2c1sc1ccccc12. The van der Waals surface area contributed by atoms with Crippen LogP contribution in [-0.4, -0.2) is 28.5 Å². The fourth-order valence-corrected chi connectivity index (χ4v) is 9.98. The summed E-state index contributed by atoms with van der Waals surface area (Å²) in [5.74, 6) is 0.815. The molecule has 0 radical (unpaired) electrons. The van der Waals surface area contributed by atoms with E-state index in [1.54, 1.807) is 0 Å². The van der Waals surface area contributed by atoms with E-state index in [9.17, 15) is 0 Å². The summed E-state index contributed by atoms with van der Waals surface area (Å²) in [6.45, 7) is 2.21. The first-order valence-corrected chi connectivity index (χ1v) is 19.3. The lowest BCUT2D eigenvalue weighted by Gasteiger charge is -2.18. The molecule has 6 heterocycles. The first kappa shape index (κ1) is 30.4. The molecule has 6 aromatic carbocycles. The monoisotopic (exact) mass is 722 g/mol. The minimum atomic E-state index is 0.815. The molecule has 0 aliphatic heterocycles. The zero-order chi connectivity index (χ0) is 36.2. The Bertz CT molecular complexity index is 3510. The van der Waals surface area contributed by atoms with E-state index in [4.69, 9.17) is 15.0 Å². The van der Waals surface area contributed by atoms with Gasteiger partial charge < -0.3 is 4.57 Å². The van der Waals surface area contributed by atoms with Crippen molar-refractivity contribution in [3.8, 4) is 33.8 Å². The highest BCUT2D eigenvalue weighted by Crippen LogP contribution is 2.45. The first-order chi connectivity index (χ1) is 27.2. The van der Waals surface area contributed by atoms with Crippen LogP contribution in [0.2, 0.25) is 0 Å². The zero-order valence-corrected chi connectivity index (χ0v) is 30.5. The molecule has 12 aromatic rings. The molecule has 0 amide bonds. The van der Waals surface area contributed by atoms with Crippen molar-refractivity contribution in [2.45, 2.75) is 6.92 Å². The third-order valence-electron chi connectivity index (χ3n) is 11.1. The minimum Gasteiger partial charge on any atom is -0.307 e. The molecule has 0 aliphatic carbocycles. The second-order valence-corrected chi connectivity index (χ2v) is 15.2. The van der Waals surface area contributed by atoms with Crippen molar-refractivity contribution in [3.63, 3.8) is 0 Å². The van der Waals surface area contributed by atoms with E-state index in [0.29, 0.717) is 0 Å². The third-order valence-corrected chi connectivity index (χ3v) is 12.3. The molecular weight excluding hydrogens is 693 g/mol. The standard InChI is InChI=1S/C48H30N6S/c1-29-14-13-24-40(42(29)33-19-5-6-20-34(33)43-46-35(26-27-49-43)32-18-8-12-25-41(32)55-46)53-38-22-10-11-23-39(38)54-47-44(51-48(53)54)45-36(28-50-47)31-17-7-9-21-37(31)52(45)30-15-3-2-4-16-30/h2-28H,1H3. The maximum absolute atomic E-state index is 5.58. The number of nitrogens with zero attached hydrogens (tertiary/aromatic N) is 6. The molecule has 0 spiro atoms. The second-order valence-electron chi connectivity index (χ2n) is 14.1. The lowest BCUT2D eigenvalue weighted by atomic mass is 9.92. The summed E-state index contributed by atoms with van der Waals surface area (Å²) in [5.41, 5.74) is 13.7. The van der Waals surface area contributed by atoms with Crippen molar-refractivity contribution in [1.82, 2.24) is 28.5 Å². The average Bonchev–Trinajstić information content (AvgIpc) is 3.98. The van der Waals surface area contributed by atoms with Gasteiger partial charge in [-0.1, -0.05) is 103 Å². The largest absolute Gasteiger partial charge is 0.307 e. The van der Waals surface area contributed by atoms with Gasteiger partial charge in [-0.25, -0.2) is 9.97 Å². The molecule has 12 rings (SSSR count). The highest BCUT2D eigenvalue weighted by molar-refractivity contribution is 7.26. The predicted octanol–water partition coefficient (Wildman–Crippen LogP) is 12.3. The minimum absolute atomic E-state index is 0.815. The molecule has 258 valence electrons. The number of para-hydroxylation sites is 4. The number of thiophene rings is 1. The number of imidazole rings is 2. The van der Waals surface area contributed by atoms with Gasteiger partial charge in [0.15, 0.2) is 5.65 Å². The van der Waals surface area contributed by atoms with Gasteiger partial charge in [-0.3, -0.25) is 14.0 Å². The molecule has 0 atom stereocenters. The van der Waals surface area contributed by atoms with Gasteiger partial charge in [-0.15, -0.1) is 11.3 Å². The van der Waals surface area contributed by atoms with Crippen LogP contribution < -0.4 is 0 Å². The maximum Gasteiger partial charge on any atom is 0.222 e. The Morgan fingerprint density at radius 2 is 1.27 bits per heavy atom. The van der Waals surface area contributed by atoms with Gasteiger partial charge in [0.2, 0.25) is 5.78 Å². The predicted molar refractivity (Wildman–Crippen MR) is 228 cm³/mol. The molecule has 0 saturated carbocycles. The van der Waals surface area contributed by atoms with E-state index in [1.807, 2.05) is 23.7 Å². The Balaban J connectivity index is 1.18. The molecule has 0 N–H and O–H groups in total. The molecule has 55 heavy (non-hydrogen) atoms. The van der Waals surface area contributed by atoms with Crippen LogP contribution in [-0.2, 0) is 0 Å². The van der Waals surface area contributed by atoms with Crippen LogP contribution in [0.4, 0.5) is 0 Å².